The van der Waals surface area contributed by atoms with Crippen molar-refractivity contribution >= 4 is 11.7 Å². The number of carboxylic acid groups (broad SMARTS) is 1. The van der Waals surface area contributed by atoms with Gasteiger partial charge in [-0.1, -0.05) is 12.1 Å². The number of ether oxygens (including phenoxy) is 1. The van der Waals surface area contributed by atoms with Crippen molar-refractivity contribution in [3.8, 4) is 11.5 Å². The fourth-order valence-corrected chi connectivity index (χ4v) is 1.65. The maximum absolute atomic E-state index is 11.0. The highest BCUT2D eigenvalue weighted by Crippen LogP contribution is 2.24. The van der Waals surface area contributed by atoms with Crippen LogP contribution in [0.2, 0.25) is 0 Å². The normalized spacial score (nSPS) is 10.1. The number of carboxylic acids is 1. The van der Waals surface area contributed by atoms with E-state index in [1.165, 1.54) is 12.1 Å². The number of aromatic hydroxyl groups is 1. The monoisotopic (exact) mass is 259 g/mol. The largest absolute Gasteiger partial charge is 0.508 e. The first-order valence-corrected chi connectivity index (χ1v) is 5.60. The Morgan fingerprint density at radius 3 is 2.68 bits per heavy atom. The van der Waals surface area contributed by atoms with Crippen molar-refractivity contribution in [2.45, 2.75) is 6.61 Å². The number of hydrogen-bond acceptors (Lipinski definition) is 4. The third-order valence-corrected chi connectivity index (χ3v) is 2.60. The Balaban J connectivity index is 2.19. The van der Waals surface area contributed by atoms with Crippen LogP contribution in [0.15, 0.2) is 42.5 Å². The third kappa shape index (κ3) is 2.95. The van der Waals surface area contributed by atoms with Gasteiger partial charge in [0.25, 0.3) is 0 Å². The van der Waals surface area contributed by atoms with E-state index in [0.717, 1.165) is 0 Å². The Morgan fingerprint density at radius 2 is 1.95 bits per heavy atom. The second-order valence-electron chi connectivity index (χ2n) is 3.98. The number of para-hydroxylation sites is 1. The van der Waals surface area contributed by atoms with E-state index in [1.54, 1.807) is 30.3 Å². The number of aromatic carboxylic acids is 1. The van der Waals surface area contributed by atoms with E-state index in [1.807, 2.05) is 0 Å². The Bertz CT molecular complexity index is 610. The van der Waals surface area contributed by atoms with Crippen molar-refractivity contribution < 1.29 is 19.7 Å². The predicted octanol–water partition coefficient (Wildman–Crippen LogP) is 2.25. The first-order valence-electron chi connectivity index (χ1n) is 5.60. The van der Waals surface area contributed by atoms with Gasteiger partial charge >= 0.3 is 5.97 Å². The molecule has 0 saturated heterocycles. The van der Waals surface area contributed by atoms with Crippen molar-refractivity contribution in [3.05, 3.63) is 53.6 Å². The molecule has 2 aromatic rings. The molecule has 2 rings (SSSR count). The van der Waals surface area contributed by atoms with Crippen LogP contribution >= 0.6 is 0 Å². The summed E-state index contributed by atoms with van der Waals surface area (Å²) in [5.41, 5.74) is 6.69. The molecule has 19 heavy (non-hydrogen) atoms. The summed E-state index contributed by atoms with van der Waals surface area (Å²) in [6, 6.07) is 10.9. The fourth-order valence-electron chi connectivity index (χ4n) is 1.65. The van der Waals surface area contributed by atoms with Crippen LogP contribution in [0.3, 0.4) is 0 Å². The second-order valence-corrected chi connectivity index (χ2v) is 3.98. The summed E-state index contributed by atoms with van der Waals surface area (Å²) in [5.74, 6) is -0.758. The summed E-state index contributed by atoms with van der Waals surface area (Å²) in [4.78, 5) is 11.0. The molecule has 5 nitrogen and oxygen atoms in total. The molecule has 0 heterocycles. The molecule has 4 N–H and O–H groups in total. The molecule has 0 radical (unpaired) electrons. The van der Waals surface area contributed by atoms with E-state index in [2.05, 4.69) is 0 Å². The number of carbonyl (C=O) groups is 1. The van der Waals surface area contributed by atoms with Crippen LogP contribution in [0.4, 0.5) is 5.69 Å². The van der Waals surface area contributed by atoms with Crippen LogP contribution in [0.5, 0.6) is 11.5 Å². The molecule has 0 saturated carbocycles. The summed E-state index contributed by atoms with van der Waals surface area (Å²) in [6.07, 6.45) is 0. The molecule has 0 atom stereocenters. The average molecular weight is 259 g/mol. The van der Waals surface area contributed by atoms with E-state index >= 15 is 0 Å². The van der Waals surface area contributed by atoms with E-state index in [-0.39, 0.29) is 23.7 Å². The van der Waals surface area contributed by atoms with Crippen LogP contribution in [-0.4, -0.2) is 16.2 Å². The summed E-state index contributed by atoms with van der Waals surface area (Å²) in [6.45, 7) is 0.0428. The minimum Gasteiger partial charge on any atom is -0.508 e. The van der Waals surface area contributed by atoms with E-state index < -0.39 is 5.97 Å². The molecule has 2 aromatic carbocycles. The van der Waals surface area contributed by atoms with Gasteiger partial charge in [-0.2, -0.15) is 0 Å². The van der Waals surface area contributed by atoms with Crippen molar-refractivity contribution in [2.75, 3.05) is 5.73 Å². The molecule has 0 bridgehead atoms. The van der Waals surface area contributed by atoms with Crippen molar-refractivity contribution in [2.24, 2.45) is 0 Å². The fraction of sp³-hybridized carbons (Fsp3) is 0.0714. The molecule has 0 amide bonds. The smallest absolute Gasteiger partial charge is 0.339 e. The van der Waals surface area contributed by atoms with Crippen molar-refractivity contribution in [1.29, 1.82) is 0 Å². The van der Waals surface area contributed by atoms with E-state index in [9.17, 15) is 9.90 Å². The molecule has 0 aliphatic rings. The van der Waals surface area contributed by atoms with Crippen LogP contribution in [0, 0.1) is 0 Å². The van der Waals surface area contributed by atoms with Gasteiger partial charge in [0.05, 0.1) is 0 Å². The summed E-state index contributed by atoms with van der Waals surface area (Å²) in [7, 11) is 0. The Morgan fingerprint density at radius 1 is 1.21 bits per heavy atom. The number of rotatable bonds is 4. The first kappa shape index (κ1) is 12.8. The lowest BCUT2D eigenvalue weighted by Gasteiger charge is -2.10. The molecular weight excluding hydrogens is 246 g/mol. The van der Waals surface area contributed by atoms with Crippen molar-refractivity contribution in [1.82, 2.24) is 0 Å². The van der Waals surface area contributed by atoms with Gasteiger partial charge in [-0.05, 0) is 30.3 Å². The standard InChI is InChI=1S/C14H13NO4/c15-10-5-6-12(16)9(7-10)8-19-13-4-2-1-3-11(13)14(17)18/h1-7,16H,8,15H2,(H,17,18). The molecular formula is C14H13NO4. The number of anilines is 1. The van der Waals surface area contributed by atoms with E-state index in [4.69, 9.17) is 15.6 Å². The highest BCUT2D eigenvalue weighted by atomic mass is 16.5. The molecule has 0 unspecified atom stereocenters. The maximum Gasteiger partial charge on any atom is 0.339 e. The highest BCUT2D eigenvalue weighted by Gasteiger charge is 2.11. The predicted molar refractivity (Wildman–Crippen MR) is 70.3 cm³/mol. The number of phenols is 1. The zero-order chi connectivity index (χ0) is 13.8. The lowest BCUT2D eigenvalue weighted by Crippen LogP contribution is -2.03. The molecule has 98 valence electrons. The first-order chi connectivity index (χ1) is 9.08. The second kappa shape index (κ2) is 5.30. The third-order valence-electron chi connectivity index (χ3n) is 2.60. The van der Waals surface area contributed by atoms with Gasteiger partial charge in [-0.15, -0.1) is 0 Å². The topological polar surface area (TPSA) is 92.8 Å². The van der Waals surface area contributed by atoms with Crippen LogP contribution in [0.25, 0.3) is 0 Å². The number of hydrogen-bond donors (Lipinski definition) is 3. The summed E-state index contributed by atoms with van der Waals surface area (Å²) < 4.78 is 5.42. The van der Waals surface area contributed by atoms with E-state index in [0.29, 0.717) is 11.3 Å². The number of benzene rings is 2. The van der Waals surface area contributed by atoms with Gasteiger partial charge in [-0.25, -0.2) is 4.79 Å². The highest BCUT2D eigenvalue weighted by molar-refractivity contribution is 5.90. The molecule has 0 aliphatic carbocycles. The minimum absolute atomic E-state index is 0.0428. The molecule has 0 spiro atoms. The van der Waals surface area contributed by atoms with Gasteiger partial charge in [-0.3, -0.25) is 0 Å². The number of nitrogen functional groups attached to an aromatic ring is 1. The maximum atomic E-state index is 11.0. The Labute approximate surface area is 109 Å². The average Bonchev–Trinajstić information content (AvgIpc) is 2.40. The zero-order valence-electron chi connectivity index (χ0n) is 10.0. The minimum atomic E-state index is -1.06. The Hall–Kier alpha value is -2.69. The summed E-state index contributed by atoms with van der Waals surface area (Å²) in [5, 5.41) is 18.7. The molecule has 0 fully saturated rings. The lowest BCUT2D eigenvalue weighted by molar-refractivity contribution is 0.0692. The van der Waals surface area contributed by atoms with Crippen molar-refractivity contribution in [3.63, 3.8) is 0 Å². The van der Waals surface area contributed by atoms with Gasteiger partial charge in [0, 0.05) is 11.3 Å². The lowest BCUT2D eigenvalue weighted by atomic mass is 10.2. The Kier molecular flexibility index (Phi) is 3.56. The van der Waals surface area contributed by atoms with Gasteiger partial charge in [0.1, 0.15) is 23.7 Å². The number of phenolic OH excluding ortho intramolecular Hbond substituents is 1. The van der Waals surface area contributed by atoms with Gasteiger partial charge in [0.2, 0.25) is 0 Å². The molecule has 0 aliphatic heterocycles. The SMILES string of the molecule is Nc1ccc(O)c(COc2ccccc2C(=O)O)c1. The molecule has 0 aromatic heterocycles. The van der Waals surface area contributed by atoms with Gasteiger partial charge in [0.15, 0.2) is 0 Å². The van der Waals surface area contributed by atoms with Crippen LogP contribution in [-0.2, 0) is 6.61 Å². The number of nitrogens with two attached hydrogens (primary N) is 1. The van der Waals surface area contributed by atoms with Crippen LogP contribution in [0.1, 0.15) is 15.9 Å². The van der Waals surface area contributed by atoms with Gasteiger partial charge < -0.3 is 20.7 Å². The quantitative estimate of drug-likeness (QED) is 0.578. The zero-order valence-corrected chi connectivity index (χ0v) is 10.0. The van der Waals surface area contributed by atoms with Crippen LogP contribution < -0.4 is 10.5 Å². The summed E-state index contributed by atoms with van der Waals surface area (Å²) >= 11 is 0. The molecule has 5 heteroatoms.